The summed E-state index contributed by atoms with van der Waals surface area (Å²) in [5.74, 6) is -0.763. The molecule has 2 heterocycles. The Morgan fingerprint density at radius 3 is 3.07 bits per heavy atom. The van der Waals surface area contributed by atoms with Crippen LogP contribution < -0.4 is 0 Å². The monoisotopic (exact) mass is 193 g/mol. The lowest BCUT2D eigenvalue weighted by Crippen LogP contribution is -2.42. The second-order valence-corrected chi connectivity index (χ2v) is 2.73. The largest absolute Gasteiger partial charge is 0.478 e. The van der Waals surface area contributed by atoms with E-state index in [4.69, 9.17) is 5.11 Å². The molecule has 2 rings (SSSR count). The molecule has 0 radical (unpaired) electrons. The van der Waals surface area contributed by atoms with E-state index in [0.29, 0.717) is 5.84 Å². The first kappa shape index (κ1) is 8.64. The second-order valence-electron chi connectivity index (χ2n) is 2.73. The summed E-state index contributed by atoms with van der Waals surface area (Å²) in [6, 6.07) is 0. The Balaban J connectivity index is 2.39. The summed E-state index contributed by atoms with van der Waals surface area (Å²) in [4.78, 5) is 19.6. The van der Waals surface area contributed by atoms with Crippen molar-refractivity contribution >= 4 is 18.0 Å². The zero-order chi connectivity index (χ0) is 10.1. The minimum atomic E-state index is -1.21. The minimum absolute atomic E-state index is 0.159. The van der Waals surface area contributed by atoms with Crippen LogP contribution in [0.2, 0.25) is 0 Å². The Hall–Kier alpha value is -1.95. The van der Waals surface area contributed by atoms with E-state index in [1.54, 1.807) is 0 Å². The SMILES string of the molecule is O=C(O)C1=CN=C2C=NC=CN2C1O. The Labute approximate surface area is 79.2 Å². The molecule has 1 unspecified atom stereocenters. The third-order valence-corrected chi connectivity index (χ3v) is 1.89. The highest BCUT2D eigenvalue weighted by Gasteiger charge is 2.29. The molecular weight excluding hydrogens is 186 g/mol. The van der Waals surface area contributed by atoms with Crippen molar-refractivity contribution in [2.45, 2.75) is 6.23 Å². The predicted molar refractivity (Wildman–Crippen MR) is 48.6 cm³/mol. The maximum atomic E-state index is 10.7. The van der Waals surface area contributed by atoms with Crippen molar-refractivity contribution in [3.63, 3.8) is 0 Å². The van der Waals surface area contributed by atoms with Crippen LogP contribution >= 0.6 is 0 Å². The van der Waals surface area contributed by atoms with Crippen LogP contribution in [0.5, 0.6) is 0 Å². The van der Waals surface area contributed by atoms with Crippen LogP contribution in [0, 0.1) is 0 Å². The first-order chi connectivity index (χ1) is 6.70. The first-order valence-electron chi connectivity index (χ1n) is 3.87. The van der Waals surface area contributed by atoms with E-state index in [-0.39, 0.29) is 5.57 Å². The molecule has 6 heteroatoms. The van der Waals surface area contributed by atoms with Gasteiger partial charge in [-0.3, -0.25) is 9.89 Å². The smallest absolute Gasteiger partial charge is 0.337 e. The van der Waals surface area contributed by atoms with Crippen LogP contribution in [0.3, 0.4) is 0 Å². The molecule has 14 heavy (non-hydrogen) atoms. The summed E-state index contributed by atoms with van der Waals surface area (Å²) in [6.45, 7) is 0. The number of carboxylic acid groups (broad SMARTS) is 1. The number of aliphatic hydroxyl groups excluding tert-OH is 1. The Bertz CT molecular complexity index is 395. The minimum Gasteiger partial charge on any atom is -0.478 e. The molecule has 0 fully saturated rings. The highest BCUT2D eigenvalue weighted by atomic mass is 16.4. The number of carboxylic acids is 1. The lowest BCUT2D eigenvalue weighted by atomic mass is 10.2. The van der Waals surface area contributed by atoms with Crippen LogP contribution in [0.25, 0.3) is 0 Å². The standard InChI is InChI=1S/C8H7N3O3/c12-7-5(8(13)14)3-10-6-4-9-1-2-11(6)7/h1-4,7,12H,(H,13,14). The summed E-state index contributed by atoms with van der Waals surface area (Å²) >= 11 is 0. The Morgan fingerprint density at radius 2 is 2.36 bits per heavy atom. The van der Waals surface area contributed by atoms with Gasteiger partial charge in [-0.2, -0.15) is 0 Å². The molecular formula is C8H7N3O3. The number of hydrogen-bond donors (Lipinski definition) is 2. The van der Waals surface area contributed by atoms with E-state index >= 15 is 0 Å². The third kappa shape index (κ3) is 1.21. The van der Waals surface area contributed by atoms with E-state index in [9.17, 15) is 9.90 Å². The van der Waals surface area contributed by atoms with E-state index in [1.807, 2.05) is 0 Å². The molecule has 0 aromatic carbocycles. The van der Waals surface area contributed by atoms with Crippen molar-refractivity contribution in [2.75, 3.05) is 0 Å². The van der Waals surface area contributed by atoms with Gasteiger partial charge in [0.05, 0.1) is 6.21 Å². The first-order valence-corrected chi connectivity index (χ1v) is 3.87. The molecule has 0 aromatic heterocycles. The van der Waals surface area contributed by atoms with Crippen molar-refractivity contribution in [3.05, 3.63) is 24.2 Å². The van der Waals surface area contributed by atoms with E-state index < -0.39 is 12.2 Å². The number of carbonyl (C=O) groups is 1. The fourth-order valence-electron chi connectivity index (χ4n) is 1.19. The predicted octanol–water partition coefficient (Wildman–Crippen LogP) is -0.457. The fourth-order valence-corrected chi connectivity index (χ4v) is 1.19. The Morgan fingerprint density at radius 1 is 1.57 bits per heavy atom. The zero-order valence-electron chi connectivity index (χ0n) is 7.03. The van der Waals surface area contributed by atoms with Crippen LogP contribution in [0.4, 0.5) is 0 Å². The lowest BCUT2D eigenvalue weighted by molar-refractivity contribution is -0.134. The van der Waals surface area contributed by atoms with Gasteiger partial charge in [-0.05, 0) is 0 Å². The molecule has 6 nitrogen and oxygen atoms in total. The van der Waals surface area contributed by atoms with Gasteiger partial charge >= 0.3 is 5.97 Å². The van der Waals surface area contributed by atoms with Gasteiger partial charge in [-0.25, -0.2) is 9.79 Å². The summed E-state index contributed by atoms with van der Waals surface area (Å²) in [6.07, 6.45) is 4.29. The van der Waals surface area contributed by atoms with Crippen molar-refractivity contribution in [1.82, 2.24) is 4.90 Å². The number of amidine groups is 1. The van der Waals surface area contributed by atoms with Crippen molar-refractivity contribution in [3.8, 4) is 0 Å². The number of aliphatic carboxylic acids is 1. The van der Waals surface area contributed by atoms with Crippen LogP contribution in [0.1, 0.15) is 0 Å². The lowest BCUT2D eigenvalue weighted by Gasteiger charge is -2.29. The van der Waals surface area contributed by atoms with E-state index in [2.05, 4.69) is 9.98 Å². The number of aliphatic imine (C=N–C) groups is 2. The highest BCUT2D eigenvalue weighted by molar-refractivity contribution is 6.31. The molecule has 2 aliphatic rings. The van der Waals surface area contributed by atoms with E-state index in [0.717, 1.165) is 6.20 Å². The summed E-state index contributed by atoms with van der Waals surface area (Å²) in [5, 5.41) is 18.3. The van der Waals surface area contributed by atoms with Gasteiger partial charge in [0, 0.05) is 18.6 Å². The van der Waals surface area contributed by atoms with Gasteiger partial charge in [-0.15, -0.1) is 0 Å². The van der Waals surface area contributed by atoms with Gasteiger partial charge in [-0.1, -0.05) is 0 Å². The van der Waals surface area contributed by atoms with Gasteiger partial charge < -0.3 is 10.2 Å². The average Bonchev–Trinajstić information content (AvgIpc) is 2.18. The number of hydrogen-bond acceptors (Lipinski definition) is 5. The third-order valence-electron chi connectivity index (χ3n) is 1.89. The van der Waals surface area contributed by atoms with Crippen LogP contribution in [0.15, 0.2) is 34.2 Å². The molecule has 2 N–H and O–H groups in total. The van der Waals surface area contributed by atoms with Gasteiger partial charge in [0.1, 0.15) is 5.57 Å². The zero-order valence-corrected chi connectivity index (χ0v) is 7.03. The maximum Gasteiger partial charge on any atom is 0.337 e. The number of aliphatic hydroxyl groups is 1. The number of fused-ring (bicyclic) bond motifs is 1. The maximum absolute atomic E-state index is 10.7. The molecule has 0 bridgehead atoms. The number of rotatable bonds is 1. The van der Waals surface area contributed by atoms with Gasteiger partial charge in [0.15, 0.2) is 12.1 Å². The Kier molecular flexibility index (Phi) is 1.90. The molecule has 1 atom stereocenters. The van der Waals surface area contributed by atoms with Crippen LogP contribution in [-0.2, 0) is 4.79 Å². The van der Waals surface area contributed by atoms with Crippen molar-refractivity contribution in [1.29, 1.82) is 0 Å². The van der Waals surface area contributed by atoms with Crippen LogP contribution in [-0.4, -0.2) is 39.4 Å². The number of nitrogens with zero attached hydrogens (tertiary/aromatic N) is 3. The van der Waals surface area contributed by atoms with E-state index in [1.165, 1.54) is 23.5 Å². The van der Waals surface area contributed by atoms with Gasteiger partial charge in [0.2, 0.25) is 0 Å². The average molecular weight is 193 g/mol. The molecule has 0 saturated heterocycles. The molecule has 0 amide bonds. The van der Waals surface area contributed by atoms with Gasteiger partial charge in [0.25, 0.3) is 0 Å². The molecule has 0 aliphatic carbocycles. The van der Waals surface area contributed by atoms with Crippen molar-refractivity contribution in [2.24, 2.45) is 9.98 Å². The molecule has 72 valence electrons. The molecule has 0 aromatic rings. The second kappa shape index (κ2) is 3.08. The summed E-state index contributed by atoms with van der Waals surface area (Å²) in [7, 11) is 0. The summed E-state index contributed by atoms with van der Waals surface area (Å²) in [5.41, 5.74) is -0.159. The fraction of sp³-hybridized carbons (Fsp3) is 0.125. The molecule has 2 aliphatic heterocycles. The normalized spacial score (nSPS) is 24.1. The highest BCUT2D eigenvalue weighted by Crippen LogP contribution is 2.16. The topological polar surface area (TPSA) is 85.5 Å². The summed E-state index contributed by atoms with van der Waals surface area (Å²) < 4.78 is 0. The molecule has 0 saturated carbocycles. The van der Waals surface area contributed by atoms with Crippen molar-refractivity contribution < 1.29 is 15.0 Å². The quantitative estimate of drug-likeness (QED) is 0.590. The molecule has 0 spiro atoms.